The number of rotatable bonds is 3. The fraction of sp³-hybridized carbons (Fsp3) is 0.385. The van der Waals surface area contributed by atoms with Crippen LogP contribution in [0.2, 0.25) is 0 Å². The summed E-state index contributed by atoms with van der Waals surface area (Å²) >= 11 is 0. The Bertz CT molecular complexity index is 719. The van der Waals surface area contributed by atoms with E-state index in [1.807, 2.05) is 6.92 Å². The van der Waals surface area contributed by atoms with Crippen molar-refractivity contribution in [1.82, 2.24) is 30.4 Å². The van der Waals surface area contributed by atoms with Gasteiger partial charge in [0.15, 0.2) is 5.69 Å². The van der Waals surface area contributed by atoms with Crippen molar-refractivity contribution in [2.24, 2.45) is 0 Å². The molecule has 0 saturated heterocycles. The highest BCUT2D eigenvalue weighted by Gasteiger charge is 2.24. The number of hydrogen-bond donors (Lipinski definition) is 4. The molecule has 0 fully saturated rings. The zero-order valence-electron chi connectivity index (χ0n) is 12.0. The number of aliphatic hydroxyl groups excluding tert-OH is 1. The minimum absolute atomic E-state index is 0.127. The number of aliphatic hydroxyl groups is 1. The van der Waals surface area contributed by atoms with Gasteiger partial charge < -0.3 is 20.7 Å². The quantitative estimate of drug-likeness (QED) is 0.576. The van der Waals surface area contributed by atoms with Crippen molar-refractivity contribution in [2.45, 2.75) is 26.1 Å². The third-order valence-corrected chi connectivity index (χ3v) is 3.30. The molecule has 2 amide bonds. The molecule has 0 saturated carbocycles. The summed E-state index contributed by atoms with van der Waals surface area (Å²) < 4.78 is 1.35. The van der Waals surface area contributed by atoms with Crippen LogP contribution in [0.5, 0.6) is 0 Å². The van der Waals surface area contributed by atoms with E-state index in [1.165, 1.54) is 10.7 Å². The molecule has 0 aliphatic carbocycles. The van der Waals surface area contributed by atoms with Crippen molar-refractivity contribution >= 4 is 11.8 Å². The van der Waals surface area contributed by atoms with Gasteiger partial charge in [-0.2, -0.15) is 5.10 Å². The lowest BCUT2D eigenvalue weighted by molar-refractivity contribution is 0.0931. The Morgan fingerprint density at radius 2 is 2.41 bits per heavy atom. The van der Waals surface area contributed by atoms with Crippen molar-refractivity contribution < 1.29 is 14.7 Å². The van der Waals surface area contributed by atoms with Crippen LogP contribution in [0.25, 0.3) is 0 Å². The molecule has 0 unspecified atom stereocenters. The van der Waals surface area contributed by atoms with E-state index in [4.69, 9.17) is 0 Å². The number of carbonyl (C=O) groups is 2. The first kappa shape index (κ1) is 14.3. The number of H-pyrrole nitrogens is 1. The summed E-state index contributed by atoms with van der Waals surface area (Å²) in [6.07, 6.45) is 0.943. The van der Waals surface area contributed by atoms with Gasteiger partial charge in [0, 0.05) is 24.5 Å². The summed E-state index contributed by atoms with van der Waals surface area (Å²) in [4.78, 5) is 31.0. The number of aromatic nitrogens is 4. The molecule has 3 heterocycles. The molecule has 0 radical (unpaired) electrons. The highest BCUT2D eigenvalue weighted by atomic mass is 16.3. The number of aromatic amines is 1. The topological polar surface area (TPSA) is 125 Å². The van der Waals surface area contributed by atoms with Gasteiger partial charge in [0.2, 0.25) is 0 Å². The number of aryl methyl sites for hydroxylation is 1. The number of hydrogen-bond acceptors (Lipinski definition) is 5. The number of β-amino-alcohol motifs (C(OH)–C–C–N with tert-alkyl or cyclic N) is 1. The Morgan fingerprint density at radius 1 is 1.59 bits per heavy atom. The monoisotopic (exact) mass is 304 g/mol. The Labute approximate surface area is 125 Å². The van der Waals surface area contributed by atoms with Crippen molar-refractivity contribution in [3.8, 4) is 0 Å². The molecule has 3 rings (SSSR count). The molecule has 9 nitrogen and oxygen atoms in total. The summed E-state index contributed by atoms with van der Waals surface area (Å²) in [5, 5.41) is 19.0. The number of nitrogens with one attached hydrogen (secondary N) is 3. The lowest BCUT2D eigenvalue weighted by Crippen LogP contribution is -2.30. The third kappa shape index (κ3) is 2.84. The predicted molar refractivity (Wildman–Crippen MR) is 75.1 cm³/mol. The summed E-state index contributed by atoms with van der Waals surface area (Å²) in [6.45, 7) is 2.44. The average molecular weight is 304 g/mol. The van der Waals surface area contributed by atoms with Gasteiger partial charge in [-0.25, -0.2) is 4.98 Å². The molecule has 0 spiro atoms. The lowest BCUT2D eigenvalue weighted by atomic mass is 10.3. The van der Waals surface area contributed by atoms with E-state index in [1.54, 1.807) is 6.20 Å². The smallest absolute Gasteiger partial charge is 0.272 e. The van der Waals surface area contributed by atoms with Gasteiger partial charge in [-0.15, -0.1) is 0 Å². The maximum atomic E-state index is 12.1. The first-order valence-electron chi connectivity index (χ1n) is 6.85. The molecular weight excluding hydrogens is 288 g/mol. The molecule has 1 aliphatic heterocycles. The second-order valence-electron chi connectivity index (χ2n) is 5.16. The SMILES string of the molecule is Cc1cnc(CNC(=O)c2cc3n(n2)C[C@@H](O)CNC3=O)[nH]1. The molecule has 0 bridgehead atoms. The average Bonchev–Trinajstić information content (AvgIpc) is 3.06. The minimum Gasteiger partial charge on any atom is -0.389 e. The van der Waals surface area contributed by atoms with Crippen molar-refractivity contribution in [3.05, 3.63) is 35.2 Å². The number of imidazole rings is 1. The van der Waals surface area contributed by atoms with Crippen LogP contribution < -0.4 is 10.6 Å². The van der Waals surface area contributed by atoms with E-state index < -0.39 is 12.0 Å². The van der Waals surface area contributed by atoms with Crippen LogP contribution in [0.1, 0.15) is 32.5 Å². The van der Waals surface area contributed by atoms with Gasteiger partial charge in [0.05, 0.1) is 19.2 Å². The van der Waals surface area contributed by atoms with Crippen LogP contribution in [0.3, 0.4) is 0 Å². The van der Waals surface area contributed by atoms with E-state index in [0.717, 1.165) is 5.69 Å². The number of fused-ring (bicyclic) bond motifs is 1. The zero-order chi connectivity index (χ0) is 15.7. The second kappa shape index (κ2) is 5.60. The Morgan fingerprint density at radius 3 is 3.14 bits per heavy atom. The van der Waals surface area contributed by atoms with E-state index in [9.17, 15) is 14.7 Å². The summed E-state index contributed by atoms with van der Waals surface area (Å²) in [5.74, 6) is -0.124. The molecule has 1 atom stereocenters. The fourth-order valence-electron chi connectivity index (χ4n) is 2.23. The standard InChI is InChI=1S/C13H16N6O3/c1-7-3-14-11(17-7)5-16-12(21)9-2-10-13(22)15-4-8(20)6-19(10)18-9/h2-3,8,20H,4-6H2,1H3,(H,14,17)(H,15,22)(H,16,21)/t8-/m0/s1. The van der Waals surface area contributed by atoms with Crippen LogP contribution >= 0.6 is 0 Å². The zero-order valence-corrected chi connectivity index (χ0v) is 12.0. The minimum atomic E-state index is -0.730. The van der Waals surface area contributed by atoms with Gasteiger partial charge in [-0.1, -0.05) is 0 Å². The summed E-state index contributed by atoms with van der Waals surface area (Å²) in [5.41, 5.74) is 1.29. The Kier molecular flexibility index (Phi) is 3.63. The van der Waals surface area contributed by atoms with Crippen LogP contribution in [0.15, 0.2) is 12.3 Å². The molecule has 1 aliphatic rings. The molecule has 9 heteroatoms. The largest absolute Gasteiger partial charge is 0.389 e. The van der Waals surface area contributed by atoms with Crippen LogP contribution in [-0.2, 0) is 13.1 Å². The first-order valence-corrected chi connectivity index (χ1v) is 6.85. The Balaban J connectivity index is 1.72. The molecule has 2 aromatic heterocycles. The molecule has 2 aromatic rings. The van der Waals surface area contributed by atoms with Crippen molar-refractivity contribution in [2.75, 3.05) is 6.54 Å². The molecule has 4 N–H and O–H groups in total. The van der Waals surface area contributed by atoms with E-state index >= 15 is 0 Å². The number of amides is 2. The molecule has 0 aromatic carbocycles. The third-order valence-electron chi connectivity index (χ3n) is 3.30. The van der Waals surface area contributed by atoms with Crippen molar-refractivity contribution in [3.63, 3.8) is 0 Å². The molecule has 22 heavy (non-hydrogen) atoms. The molecular formula is C13H16N6O3. The number of carbonyl (C=O) groups excluding carboxylic acids is 2. The van der Waals surface area contributed by atoms with Crippen LogP contribution in [0.4, 0.5) is 0 Å². The van der Waals surface area contributed by atoms with Gasteiger partial charge >= 0.3 is 0 Å². The highest BCUT2D eigenvalue weighted by molar-refractivity contribution is 5.98. The van der Waals surface area contributed by atoms with Crippen molar-refractivity contribution in [1.29, 1.82) is 0 Å². The summed E-state index contributed by atoms with van der Waals surface area (Å²) in [6, 6.07) is 1.41. The fourth-order valence-corrected chi connectivity index (χ4v) is 2.23. The van der Waals surface area contributed by atoms with E-state index in [-0.39, 0.29) is 36.9 Å². The maximum Gasteiger partial charge on any atom is 0.272 e. The van der Waals surface area contributed by atoms with E-state index in [0.29, 0.717) is 5.82 Å². The predicted octanol–water partition coefficient (Wildman–Crippen LogP) is -1.05. The van der Waals surface area contributed by atoms with Crippen LogP contribution in [0, 0.1) is 6.92 Å². The van der Waals surface area contributed by atoms with E-state index in [2.05, 4.69) is 25.7 Å². The number of nitrogens with zero attached hydrogens (tertiary/aromatic N) is 3. The second-order valence-corrected chi connectivity index (χ2v) is 5.16. The molecule has 116 valence electrons. The van der Waals surface area contributed by atoms with Gasteiger partial charge in [-0.3, -0.25) is 14.3 Å². The Hall–Kier alpha value is -2.68. The lowest BCUT2D eigenvalue weighted by Gasteiger charge is -2.06. The first-order chi connectivity index (χ1) is 10.5. The van der Waals surface area contributed by atoms with Crippen LogP contribution in [-0.4, -0.2) is 49.3 Å². The van der Waals surface area contributed by atoms with Gasteiger partial charge in [0.1, 0.15) is 11.5 Å². The van der Waals surface area contributed by atoms with Gasteiger partial charge in [0.25, 0.3) is 11.8 Å². The maximum absolute atomic E-state index is 12.1. The highest BCUT2D eigenvalue weighted by Crippen LogP contribution is 2.09. The normalized spacial score (nSPS) is 17.5. The van der Waals surface area contributed by atoms with Gasteiger partial charge in [-0.05, 0) is 6.92 Å². The summed E-state index contributed by atoms with van der Waals surface area (Å²) in [7, 11) is 0.